The minimum absolute atomic E-state index is 0.0155. The number of ether oxygens (including phenoxy) is 1. The van der Waals surface area contributed by atoms with Gasteiger partial charge in [-0.2, -0.15) is 0 Å². The lowest BCUT2D eigenvalue weighted by Gasteiger charge is -2.39. The Morgan fingerprint density at radius 3 is 2.23 bits per heavy atom. The van der Waals surface area contributed by atoms with E-state index in [0.717, 1.165) is 5.69 Å². The predicted octanol–water partition coefficient (Wildman–Crippen LogP) is 7.30. The molecule has 0 saturated heterocycles. The molecule has 0 amide bonds. The van der Waals surface area contributed by atoms with Crippen LogP contribution in [0.25, 0.3) is 0 Å². The molecule has 0 spiro atoms. The van der Waals surface area contributed by atoms with Gasteiger partial charge in [-0.3, -0.25) is 9.59 Å². The van der Waals surface area contributed by atoms with Crippen LogP contribution in [-0.4, -0.2) is 11.6 Å². The Kier molecular flexibility index (Phi) is 6.08. The van der Waals surface area contributed by atoms with Gasteiger partial charge in [0.25, 0.3) is 0 Å². The normalized spacial score (nSPS) is 19.2. The first-order valence-electron chi connectivity index (χ1n) is 11.7. The van der Waals surface area contributed by atoms with Gasteiger partial charge in [-0.25, -0.2) is 0 Å². The van der Waals surface area contributed by atoms with E-state index in [1.807, 2.05) is 66.7 Å². The number of hydrogen-bond donors (Lipinski definition) is 1. The van der Waals surface area contributed by atoms with Gasteiger partial charge in [0.1, 0.15) is 5.76 Å². The van der Waals surface area contributed by atoms with Crippen LogP contribution in [0.4, 0.5) is 5.69 Å². The van der Waals surface area contributed by atoms with Crippen LogP contribution < -0.4 is 5.32 Å². The number of Topliss-reactive ketones (excluding diaryl/α,β-unsaturated/α-hetero) is 2. The molecule has 4 nitrogen and oxygen atoms in total. The number of carbonyl (C=O) groups excluding carboxylic acids is 2. The van der Waals surface area contributed by atoms with Gasteiger partial charge in [0.2, 0.25) is 5.88 Å². The summed E-state index contributed by atoms with van der Waals surface area (Å²) in [6.45, 7) is 4.11. The highest BCUT2D eigenvalue weighted by Gasteiger charge is 2.45. The zero-order valence-corrected chi connectivity index (χ0v) is 20.4. The number of benzene rings is 3. The Bertz CT molecular complexity index is 1360. The maximum atomic E-state index is 14.0. The van der Waals surface area contributed by atoms with Gasteiger partial charge in [-0.05, 0) is 29.2 Å². The van der Waals surface area contributed by atoms with Crippen LogP contribution in [0.2, 0.25) is 5.02 Å². The summed E-state index contributed by atoms with van der Waals surface area (Å²) in [5.41, 5.74) is 2.66. The molecular formula is C30H26ClNO3. The third-order valence-corrected chi connectivity index (χ3v) is 6.80. The van der Waals surface area contributed by atoms with E-state index in [-0.39, 0.29) is 17.0 Å². The molecule has 5 rings (SSSR count). The highest BCUT2D eigenvalue weighted by molar-refractivity contribution is 6.31. The fourth-order valence-corrected chi connectivity index (χ4v) is 5.13. The van der Waals surface area contributed by atoms with Crippen molar-refractivity contribution in [1.82, 2.24) is 0 Å². The summed E-state index contributed by atoms with van der Waals surface area (Å²) in [6.07, 6.45) is 0.964. The van der Waals surface area contributed by atoms with Crippen molar-refractivity contribution in [2.75, 3.05) is 5.32 Å². The second-order valence-electron chi connectivity index (χ2n) is 9.76. The first-order valence-corrected chi connectivity index (χ1v) is 12.1. The number of rotatable bonds is 5. The number of carbonyl (C=O) groups is 2. The van der Waals surface area contributed by atoms with Gasteiger partial charge < -0.3 is 10.1 Å². The standard InChI is InChI=1S/C30H26ClNO3/c1-30(2)17-23(33)26-24(18-30)35-29(32-20-13-7-4-8-14-20)27(28(34)19-11-5-3-6-12-19)25(26)21-15-9-10-16-22(21)31/h3-16,25,32H,17-18H2,1-2H3/t25-/m0/s1. The number of allylic oxidation sites excluding steroid dienone is 3. The van der Waals surface area contributed by atoms with Crippen LogP contribution in [0.5, 0.6) is 0 Å². The van der Waals surface area contributed by atoms with E-state index >= 15 is 0 Å². The molecule has 3 aromatic rings. The Labute approximate surface area is 210 Å². The molecule has 1 N–H and O–H groups in total. The summed E-state index contributed by atoms with van der Waals surface area (Å²) in [5, 5.41) is 3.83. The molecule has 1 aliphatic heterocycles. The van der Waals surface area contributed by atoms with Crippen molar-refractivity contribution in [2.45, 2.75) is 32.6 Å². The van der Waals surface area contributed by atoms with Gasteiger partial charge in [-0.15, -0.1) is 0 Å². The number of hydrogen-bond acceptors (Lipinski definition) is 4. The fraction of sp³-hybridized carbons (Fsp3) is 0.200. The van der Waals surface area contributed by atoms with Crippen molar-refractivity contribution in [3.8, 4) is 0 Å². The molecule has 0 radical (unpaired) electrons. The predicted molar refractivity (Wildman–Crippen MR) is 138 cm³/mol. The lowest BCUT2D eigenvalue weighted by Crippen LogP contribution is -2.35. The summed E-state index contributed by atoms with van der Waals surface area (Å²) in [5.74, 6) is 0.0600. The summed E-state index contributed by atoms with van der Waals surface area (Å²) in [6, 6.07) is 26.0. The highest BCUT2D eigenvalue weighted by atomic mass is 35.5. The average molecular weight is 484 g/mol. The molecule has 1 atom stereocenters. The highest BCUT2D eigenvalue weighted by Crippen LogP contribution is 2.50. The molecule has 1 heterocycles. The van der Waals surface area contributed by atoms with Gasteiger partial charge in [0, 0.05) is 34.7 Å². The molecule has 0 fully saturated rings. The maximum Gasteiger partial charge on any atom is 0.205 e. The summed E-state index contributed by atoms with van der Waals surface area (Å²) in [4.78, 5) is 27.6. The minimum Gasteiger partial charge on any atom is -0.444 e. The van der Waals surface area contributed by atoms with Gasteiger partial charge in [-0.1, -0.05) is 92.2 Å². The number of para-hydroxylation sites is 1. The van der Waals surface area contributed by atoms with Crippen molar-refractivity contribution in [1.29, 1.82) is 0 Å². The Balaban J connectivity index is 1.76. The molecule has 2 aliphatic rings. The van der Waals surface area contributed by atoms with Gasteiger partial charge in [0.05, 0.1) is 11.5 Å². The van der Waals surface area contributed by atoms with Crippen molar-refractivity contribution < 1.29 is 14.3 Å². The van der Waals surface area contributed by atoms with Crippen molar-refractivity contribution in [3.63, 3.8) is 0 Å². The Morgan fingerprint density at radius 1 is 0.914 bits per heavy atom. The van der Waals surface area contributed by atoms with Crippen LogP contribution >= 0.6 is 11.6 Å². The largest absolute Gasteiger partial charge is 0.444 e. The SMILES string of the molecule is CC1(C)CC(=O)C2=C(C1)OC(Nc1ccccc1)=C(C(=O)c1ccccc1)[C@H]2c1ccccc1Cl. The topological polar surface area (TPSA) is 55.4 Å². The van der Waals surface area contributed by atoms with Crippen molar-refractivity contribution in [2.24, 2.45) is 5.41 Å². The number of nitrogens with one attached hydrogen (secondary N) is 1. The van der Waals surface area contributed by atoms with Crippen LogP contribution in [0.1, 0.15) is 48.5 Å². The molecule has 35 heavy (non-hydrogen) atoms. The summed E-state index contributed by atoms with van der Waals surface area (Å²) < 4.78 is 6.41. The van der Waals surface area contributed by atoms with Gasteiger partial charge >= 0.3 is 0 Å². The van der Waals surface area contributed by atoms with Crippen molar-refractivity contribution >= 4 is 28.9 Å². The first-order chi connectivity index (χ1) is 16.8. The number of anilines is 1. The molecule has 0 unspecified atom stereocenters. The van der Waals surface area contributed by atoms with Gasteiger partial charge in [0.15, 0.2) is 11.6 Å². The fourth-order valence-electron chi connectivity index (χ4n) is 4.89. The van der Waals surface area contributed by atoms with E-state index in [9.17, 15) is 9.59 Å². The minimum atomic E-state index is -0.644. The molecule has 0 bridgehead atoms. The maximum absolute atomic E-state index is 14.0. The molecule has 3 aromatic carbocycles. The van der Waals surface area contributed by atoms with E-state index in [1.54, 1.807) is 18.2 Å². The number of ketones is 2. The first kappa shape index (κ1) is 23.1. The summed E-state index contributed by atoms with van der Waals surface area (Å²) in [7, 11) is 0. The molecule has 1 aliphatic carbocycles. The van der Waals surface area contributed by atoms with E-state index < -0.39 is 5.92 Å². The third-order valence-electron chi connectivity index (χ3n) is 6.45. The summed E-state index contributed by atoms with van der Waals surface area (Å²) >= 11 is 6.69. The number of halogens is 1. The Morgan fingerprint density at radius 2 is 1.54 bits per heavy atom. The molecule has 176 valence electrons. The van der Waals surface area contributed by atoms with E-state index in [2.05, 4.69) is 19.2 Å². The van der Waals surface area contributed by atoms with E-state index in [4.69, 9.17) is 16.3 Å². The molecular weight excluding hydrogens is 458 g/mol. The van der Waals surface area contributed by atoms with Crippen LogP contribution in [0, 0.1) is 5.41 Å². The van der Waals surface area contributed by atoms with E-state index in [1.165, 1.54) is 0 Å². The molecule has 5 heteroatoms. The van der Waals surface area contributed by atoms with E-state index in [0.29, 0.717) is 51.8 Å². The zero-order valence-electron chi connectivity index (χ0n) is 19.7. The third kappa shape index (κ3) is 4.54. The smallest absolute Gasteiger partial charge is 0.205 e. The van der Waals surface area contributed by atoms with Crippen molar-refractivity contribution in [3.05, 3.63) is 124 Å². The lowest BCUT2D eigenvalue weighted by molar-refractivity contribution is -0.119. The van der Waals surface area contributed by atoms with Crippen LogP contribution in [0.3, 0.4) is 0 Å². The zero-order chi connectivity index (χ0) is 24.6. The molecule has 0 aromatic heterocycles. The van der Waals surface area contributed by atoms with Crippen LogP contribution in [0.15, 0.2) is 108 Å². The monoisotopic (exact) mass is 483 g/mol. The Hall–Kier alpha value is -3.63. The lowest BCUT2D eigenvalue weighted by atomic mass is 9.69. The second-order valence-corrected chi connectivity index (χ2v) is 10.2. The second kappa shape index (κ2) is 9.20. The quantitative estimate of drug-likeness (QED) is 0.387. The molecule has 0 saturated carbocycles. The van der Waals surface area contributed by atoms with Crippen LogP contribution in [-0.2, 0) is 9.53 Å². The average Bonchev–Trinajstić information content (AvgIpc) is 2.84.